The van der Waals surface area contributed by atoms with E-state index in [1.54, 1.807) is 0 Å². The number of esters is 2. The van der Waals surface area contributed by atoms with Crippen LogP contribution in [0, 0.1) is 11.8 Å². The summed E-state index contributed by atoms with van der Waals surface area (Å²) in [5.74, 6) is 1.06. The molecule has 0 atom stereocenters. The van der Waals surface area contributed by atoms with Crippen LogP contribution in [0.4, 0.5) is 0 Å². The summed E-state index contributed by atoms with van der Waals surface area (Å²) in [6, 6.07) is 15.2. The Bertz CT molecular complexity index is 768. The van der Waals surface area contributed by atoms with Crippen molar-refractivity contribution in [3.8, 4) is 22.6 Å². The maximum Gasteiger partial charge on any atom is 0.314 e. The zero-order valence-electron chi connectivity index (χ0n) is 17.5. The zero-order chi connectivity index (χ0) is 20.8. The number of hydrogen-bond donors (Lipinski definition) is 0. The van der Waals surface area contributed by atoms with Crippen LogP contribution in [0.1, 0.15) is 64.2 Å². The molecule has 2 saturated carbocycles. The molecule has 2 aromatic rings. The molecule has 158 valence electrons. The van der Waals surface area contributed by atoms with Gasteiger partial charge in [-0.3, -0.25) is 9.59 Å². The smallest absolute Gasteiger partial charge is 0.314 e. The lowest BCUT2D eigenvalue weighted by atomic mass is 9.89. The lowest BCUT2D eigenvalue weighted by molar-refractivity contribution is -0.140. The molecule has 2 fully saturated rings. The zero-order valence-corrected chi connectivity index (χ0v) is 17.5. The van der Waals surface area contributed by atoms with Crippen molar-refractivity contribution in [1.29, 1.82) is 0 Å². The van der Waals surface area contributed by atoms with Gasteiger partial charge >= 0.3 is 11.9 Å². The molecule has 0 aromatic heterocycles. The Balaban J connectivity index is 1.33. The molecular weight excluding hydrogens is 376 g/mol. The van der Waals surface area contributed by atoms with Crippen LogP contribution >= 0.6 is 0 Å². The minimum Gasteiger partial charge on any atom is -0.426 e. The molecule has 0 saturated heterocycles. The molecule has 4 heteroatoms. The average molecular weight is 407 g/mol. The Morgan fingerprint density at radius 3 is 1.20 bits per heavy atom. The van der Waals surface area contributed by atoms with Crippen molar-refractivity contribution < 1.29 is 19.1 Å². The van der Waals surface area contributed by atoms with Crippen molar-refractivity contribution in [2.75, 3.05) is 0 Å². The topological polar surface area (TPSA) is 52.6 Å². The fraction of sp³-hybridized carbons (Fsp3) is 0.462. The van der Waals surface area contributed by atoms with Gasteiger partial charge in [0.05, 0.1) is 11.8 Å². The van der Waals surface area contributed by atoms with Crippen molar-refractivity contribution in [2.45, 2.75) is 64.2 Å². The Morgan fingerprint density at radius 1 is 0.533 bits per heavy atom. The van der Waals surface area contributed by atoms with Gasteiger partial charge in [-0.15, -0.1) is 0 Å². The van der Waals surface area contributed by atoms with E-state index in [1.807, 2.05) is 48.5 Å². The highest BCUT2D eigenvalue weighted by atomic mass is 16.5. The highest BCUT2D eigenvalue weighted by Gasteiger charge is 2.24. The van der Waals surface area contributed by atoms with E-state index < -0.39 is 0 Å². The summed E-state index contributed by atoms with van der Waals surface area (Å²) in [7, 11) is 0. The van der Waals surface area contributed by atoms with Gasteiger partial charge in [0, 0.05) is 0 Å². The SMILES string of the molecule is O=C(Oc1ccc(-c2ccc(OC(=O)C3CCCCC3)cc2)cc1)C1CCCCC1. The van der Waals surface area contributed by atoms with Gasteiger partial charge in [0.25, 0.3) is 0 Å². The Morgan fingerprint density at radius 2 is 0.867 bits per heavy atom. The summed E-state index contributed by atoms with van der Waals surface area (Å²) in [5.41, 5.74) is 2.05. The monoisotopic (exact) mass is 406 g/mol. The molecule has 30 heavy (non-hydrogen) atoms. The molecule has 0 bridgehead atoms. The first-order valence-electron chi connectivity index (χ1n) is 11.3. The van der Waals surface area contributed by atoms with Crippen molar-refractivity contribution >= 4 is 11.9 Å². The maximum absolute atomic E-state index is 12.3. The van der Waals surface area contributed by atoms with Crippen molar-refractivity contribution in [3.05, 3.63) is 48.5 Å². The highest BCUT2D eigenvalue weighted by Crippen LogP contribution is 2.29. The predicted octanol–water partition coefficient (Wildman–Crippen LogP) is 6.33. The van der Waals surface area contributed by atoms with E-state index >= 15 is 0 Å². The Hall–Kier alpha value is -2.62. The molecule has 0 aliphatic heterocycles. The van der Waals surface area contributed by atoms with Crippen LogP contribution in [0.5, 0.6) is 11.5 Å². The van der Waals surface area contributed by atoms with Crippen LogP contribution in [-0.4, -0.2) is 11.9 Å². The number of benzene rings is 2. The molecule has 0 heterocycles. The van der Waals surface area contributed by atoms with Gasteiger partial charge in [0.2, 0.25) is 0 Å². The quantitative estimate of drug-likeness (QED) is 0.430. The molecule has 0 spiro atoms. The molecule has 0 N–H and O–H groups in total. The molecular formula is C26H30O4. The second kappa shape index (κ2) is 9.92. The van der Waals surface area contributed by atoms with Gasteiger partial charge in [0.15, 0.2) is 0 Å². The van der Waals surface area contributed by atoms with E-state index in [0.29, 0.717) is 11.5 Å². The Kier molecular flexibility index (Phi) is 6.83. The van der Waals surface area contributed by atoms with E-state index in [0.717, 1.165) is 62.5 Å². The maximum atomic E-state index is 12.3. The van der Waals surface area contributed by atoms with Crippen LogP contribution in [0.2, 0.25) is 0 Å². The first kappa shape index (κ1) is 20.6. The molecule has 0 amide bonds. The molecule has 2 aromatic carbocycles. The molecule has 0 unspecified atom stereocenters. The number of carbonyl (C=O) groups excluding carboxylic acids is 2. The lowest BCUT2D eigenvalue weighted by Gasteiger charge is -2.20. The van der Waals surface area contributed by atoms with Gasteiger partial charge in [-0.1, -0.05) is 62.8 Å². The van der Waals surface area contributed by atoms with Crippen molar-refractivity contribution in [2.24, 2.45) is 11.8 Å². The lowest BCUT2D eigenvalue weighted by Crippen LogP contribution is -2.22. The van der Waals surface area contributed by atoms with Crippen LogP contribution < -0.4 is 9.47 Å². The average Bonchev–Trinajstić information content (AvgIpc) is 2.81. The van der Waals surface area contributed by atoms with Crippen LogP contribution in [-0.2, 0) is 9.59 Å². The fourth-order valence-electron chi connectivity index (χ4n) is 4.51. The minimum atomic E-state index is -0.105. The summed E-state index contributed by atoms with van der Waals surface area (Å²) < 4.78 is 11.1. The normalized spacial score (nSPS) is 18.0. The van der Waals surface area contributed by atoms with Gasteiger partial charge in [-0.25, -0.2) is 0 Å². The van der Waals surface area contributed by atoms with Crippen LogP contribution in [0.15, 0.2) is 48.5 Å². The summed E-state index contributed by atoms with van der Waals surface area (Å²) in [4.78, 5) is 24.6. The van der Waals surface area contributed by atoms with E-state index in [1.165, 1.54) is 12.8 Å². The second-order valence-electron chi connectivity index (χ2n) is 8.56. The third-order valence-corrected chi connectivity index (χ3v) is 6.36. The molecule has 0 radical (unpaired) electrons. The molecule has 4 rings (SSSR count). The fourth-order valence-corrected chi connectivity index (χ4v) is 4.51. The second-order valence-corrected chi connectivity index (χ2v) is 8.56. The number of hydrogen-bond acceptors (Lipinski definition) is 4. The first-order valence-corrected chi connectivity index (χ1v) is 11.3. The molecule has 4 nitrogen and oxygen atoms in total. The third kappa shape index (κ3) is 5.29. The van der Waals surface area contributed by atoms with E-state index in [9.17, 15) is 9.59 Å². The van der Waals surface area contributed by atoms with Crippen molar-refractivity contribution in [1.82, 2.24) is 0 Å². The summed E-state index contributed by atoms with van der Waals surface area (Å²) >= 11 is 0. The first-order chi connectivity index (χ1) is 14.7. The highest BCUT2D eigenvalue weighted by molar-refractivity contribution is 5.76. The number of carbonyl (C=O) groups is 2. The summed E-state index contributed by atoms with van der Waals surface area (Å²) in [6.45, 7) is 0. The van der Waals surface area contributed by atoms with E-state index in [4.69, 9.17) is 9.47 Å². The minimum absolute atomic E-state index is 0.0438. The summed E-state index contributed by atoms with van der Waals surface area (Å²) in [5, 5.41) is 0. The van der Waals surface area contributed by atoms with Gasteiger partial charge in [-0.05, 0) is 61.1 Å². The Labute approximate surface area is 178 Å². The number of rotatable bonds is 5. The summed E-state index contributed by atoms with van der Waals surface area (Å²) in [6.07, 6.45) is 10.7. The van der Waals surface area contributed by atoms with Gasteiger partial charge in [0.1, 0.15) is 11.5 Å². The van der Waals surface area contributed by atoms with Gasteiger partial charge < -0.3 is 9.47 Å². The number of ether oxygens (including phenoxy) is 2. The van der Waals surface area contributed by atoms with Crippen molar-refractivity contribution in [3.63, 3.8) is 0 Å². The standard InChI is InChI=1S/C26H30O4/c27-25(21-7-3-1-4-8-21)29-23-15-11-19(12-16-23)20-13-17-24(18-14-20)30-26(28)22-9-5-2-6-10-22/h11-18,21-22H,1-10H2. The van der Waals surface area contributed by atoms with Crippen LogP contribution in [0.3, 0.4) is 0 Å². The van der Waals surface area contributed by atoms with Crippen LogP contribution in [0.25, 0.3) is 11.1 Å². The molecule has 2 aliphatic rings. The largest absolute Gasteiger partial charge is 0.426 e. The third-order valence-electron chi connectivity index (χ3n) is 6.36. The van der Waals surface area contributed by atoms with E-state index in [2.05, 4.69) is 0 Å². The predicted molar refractivity (Wildman–Crippen MR) is 116 cm³/mol. The molecule has 2 aliphatic carbocycles. The van der Waals surface area contributed by atoms with Gasteiger partial charge in [-0.2, -0.15) is 0 Å². The van der Waals surface area contributed by atoms with E-state index in [-0.39, 0.29) is 23.8 Å².